The van der Waals surface area contributed by atoms with E-state index in [1.165, 1.54) is 0 Å². The van der Waals surface area contributed by atoms with Crippen molar-refractivity contribution in [3.63, 3.8) is 0 Å². The van der Waals surface area contributed by atoms with Gasteiger partial charge in [0, 0.05) is 0 Å². The Morgan fingerprint density at radius 3 is 2.75 bits per heavy atom. The Balaban J connectivity index is 1.89. The molecule has 1 saturated heterocycles. The van der Waals surface area contributed by atoms with Crippen LogP contribution in [0.4, 0.5) is 4.79 Å². The van der Waals surface area contributed by atoms with Crippen molar-refractivity contribution in [1.29, 1.82) is 0 Å². The van der Waals surface area contributed by atoms with E-state index in [1.807, 2.05) is 0 Å². The predicted molar refractivity (Wildman–Crippen MR) is 52.8 cm³/mol. The molecule has 6 heteroatoms. The highest BCUT2D eigenvalue weighted by Gasteiger charge is 2.38. The van der Waals surface area contributed by atoms with Crippen LogP contribution in [0.15, 0.2) is 0 Å². The highest BCUT2D eigenvalue weighted by molar-refractivity contribution is 5.74. The Morgan fingerprint density at radius 2 is 2.12 bits per heavy atom. The van der Waals surface area contributed by atoms with Crippen molar-refractivity contribution in [2.24, 2.45) is 0 Å². The zero-order chi connectivity index (χ0) is 11.5. The Kier molecular flexibility index (Phi) is 3.28. The van der Waals surface area contributed by atoms with Gasteiger partial charge in [-0.3, -0.25) is 4.79 Å². The number of carbonyl (C=O) groups is 2. The quantitative estimate of drug-likeness (QED) is 0.701. The van der Waals surface area contributed by atoms with Gasteiger partial charge in [-0.15, -0.1) is 0 Å². The van der Waals surface area contributed by atoms with E-state index in [0.29, 0.717) is 0 Å². The molecule has 16 heavy (non-hydrogen) atoms. The molecule has 0 spiro atoms. The van der Waals surface area contributed by atoms with Crippen LogP contribution in [0.25, 0.3) is 0 Å². The van der Waals surface area contributed by atoms with Crippen molar-refractivity contribution < 1.29 is 24.2 Å². The zero-order valence-electron chi connectivity index (χ0n) is 8.85. The number of nitrogens with one attached hydrogen (secondary N) is 1. The fraction of sp³-hybridized carbons (Fsp3) is 0.800. The number of esters is 1. The summed E-state index contributed by atoms with van der Waals surface area (Å²) in [5.41, 5.74) is 0. The Hall–Kier alpha value is -1.30. The summed E-state index contributed by atoms with van der Waals surface area (Å²) in [6, 6.07) is -0.578. The van der Waals surface area contributed by atoms with Gasteiger partial charge in [-0.05, 0) is 12.8 Å². The summed E-state index contributed by atoms with van der Waals surface area (Å²) < 4.78 is 10.5. The monoisotopic (exact) mass is 229 g/mol. The van der Waals surface area contributed by atoms with Crippen LogP contribution in [0, 0.1) is 0 Å². The standard InChI is InChI=1S/C10H15NO5/c12-8-5-7(11-10(13)14)9(16-8)15-6-3-1-2-4-6/h6-7,9,11H,1-5H2,(H,13,14). The molecule has 6 nitrogen and oxygen atoms in total. The minimum Gasteiger partial charge on any atom is -0.465 e. The molecular weight excluding hydrogens is 214 g/mol. The van der Waals surface area contributed by atoms with Crippen molar-refractivity contribution >= 4 is 12.1 Å². The van der Waals surface area contributed by atoms with E-state index in [9.17, 15) is 9.59 Å². The van der Waals surface area contributed by atoms with Gasteiger partial charge in [0.2, 0.25) is 6.29 Å². The maximum Gasteiger partial charge on any atom is 0.405 e. The Morgan fingerprint density at radius 1 is 1.44 bits per heavy atom. The van der Waals surface area contributed by atoms with Crippen molar-refractivity contribution in [2.45, 2.75) is 50.5 Å². The van der Waals surface area contributed by atoms with E-state index in [0.717, 1.165) is 25.7 Å². The van der Waals surface area contributed by atoms with Crippen molar-refractivity contribution in [3.8, 4) is 0 Å². The molecule has 2 fully saturated rings. The molecule has 2 N–H and O–H groups in total. The highest BCUT2D eigenvalue weighted by atomic mass is 16.7. The number of amides is 1. The molecule has 0 radical (unpaired) electrons. The summed E-state index contributed by atoms with van der Waals surface area (Å²) in [5, 5.41) is 10.8. The minimum absolute atomic E-state index is 0.0453. The second-order valence-electron chi connectivity index (χ2n) is 4.16. The third kappa shape index (κ3) is 2.63. The first-order chi connectivity index (χ1) is 7.65. The van der Waals surface area contributed by atoms with E-state index in [4.69, 9.17) is 14.6 Å². The van der Waals surface area contributed by atoms with Gasteiger partial charge in [0.1, 0.15) is 6.04 Å². The van der Waals surface area contributed by atoms with Crippen LogP contribution >= 0.6 is 0 Å². The van der Waals surface area contributed by atoms with Gasteiger partial charge in [-0.25, -0.2) is 4.79 Å². The second-order valence-corrected chi connectivity index (χ2v) is 4.16. The second kappa shape index (κ2) is 4.69. The molecule has 0 bridgehead atoms. The molecule has 1 amide bonds. The SMILES string of the molecule is O=C(O)NC1CC(=O)OC1OC1CCCC1. The summed E-state index contributed by atoms with van der Waals surface area (Å²) >= 11 is 0. The summed E-state index contributed by atoms with van der Waals surface area (Å²) in [5.74, 6) is -0.415. The summed E-state index contributed by atoms with van der Waals surface area (Å²) in [6.45, 7) is 0. The van der Waals surface area contributed by atoms with E-state index in [-0.39, 0.29) is 12.5 Å². The van der Waals surface area contributed by atoms with Gasteiger partial charge in [-0.2, -0.15) is 0 Å². The van der Waals surface area contributed by atoms with E-state index < -0.39 is 24.4 Å². The smallest absolute Gasteiger partial charge is 0.405 e. The van der Waals surface area contributed by atoms with Gasteiger partial charge in [-0.1, -0.05) is 12.8 Å². The maximum absolute atomic E-state index is 11.1. The molecule has 1 aliphatic heterocycles. The van der Waals surface area contributed by atoms with Crippen LogP contribution in [0.3, 0.4) is 0 Å². The van der Waals surface area contributed by atoms with E-state index in [1.54, 1.807) is 0 Å². The molecule has 2 atom stereocenters. The number of carboxylic acid groups (broad SMARTS) is 1. The van der Waals surface area contributed by atoms with Gasteiger partial charge < -0.3 is 19.9 Å². The van der Waals surface area contributed by atoms with Gasteiger partial charge in [0.05, 0.1) is 12.5 Å². The molecule has 2 rings (SSSR count). The van der Waals surface area contributed by atoms with Gasteiger partial charge in [0.25, 0.3) is 0 Å². The lowest BCUT2D eigenvalue weighted by Gasteiger charge is -2.21. The molecule has 1 aliphatic carbocycles. The fourth-order valence-electron chi connectivity index (χ4n) is 2.15. The Labute approximate surface area is 92.9 Å². The number of rotatable bonds is 3. The molecule has 2 unspecified atom stereocenters. The number of cyclic esters (lactones) is 1. The lowest BCUT2D eigenvalue weighted by atomic mass is 10.2. The number of carbonyl (C=O) groups excluding carboxylic acids is 1. The molecule has 0 aromatic carbocycles. The normalized spacial score (nSPS) is 30.4. The fourth-order valence-corrected chi connectivity index (χ4v) is 2.15. The largest absolute Gasteiger partial charge is 0.465 e. The average Bonchev–Trinajstić information content (AvgIpc) is 2.77. The van der Waals surface area contributed by atoms with Crippen LogP contribution in [0.1, 0.15) is 32.1 Å². The maximum atomic E-state index is 11.1. The first-order valence-electron chi connectivity index (χ1n) is 5.49. The van der Waals surface area contributed by atoms with Crippen molar-refractivity contribution in [2.75, 3.05) is 0 Å². The molecule has 0 aromatic rings. The summed E-state index contributed by atoms with van der Waals surface area (Å²) in [7, 11) is 0. The van der Waals surface area contributed by atoms with Crippen LogP contribution in [-0.2, 0) is 14.3 Å². The van der Waals surface area contributed by atoms with Crippen molar-refractivity contribution in [1.82, 2.24) is 5.32 Å². The van der Waals surface area contributed by atoms with Crippen LogP contribution in [0.5, 0.6) is 0 Å². The molecular formula is C10H15NO5. The molecule has 0 aromatic heterocycles. The molecule has 1 saturated carbocycles. The topological polar surface area (TPSA) is 84.9 Å². The first kappa shape index (κ1) is 11.2. The zero-order valence-corrected chi connectivity index (χ0v) is 8.85. The first-order valence-corrected chi connectivity index (χ1v) is 5.49. The predicted octanol–water partition coefficient (Wildman–Crippen LogP) is 0.855. The lowest BCUT2D eigenvalue weighted by molar-refractivity contribution is -0.174. The lowest BCUT2D eigenvalue weighted by Crippen LogP contribution is -2.42. The summed E-state index contributed by atoms with van der Waals surface area (Å²) in [6.07, 6.45) is 2.35. The molecule has 2 aliphatic rings. The molecule has 1 heterocycles. The van der Waals surface area contributed by atoms with Crippen molar-refractivity contribution in [3.05, 3.63) is 0 Å². The number of ether oxygens (including phenoxy) is 2. The van der Waals surface area contributed by atoms with Crippen LogP contribution < -0.4 is 5.32 Å². The number of hydrogen-bond acceptors (Lipinski definition) is 4. The van der Waals surface area contributed by atoms with Gasteiger partial charge >= 0.3 is 12.1 Å². The van der Waals surface area contributed by atoms with Crippen LogP contribution in [0.2, 0.25) is 0 Å². The third-order valence-electron chi connectivity index (χ3n) is 2.90. The van der Waals surface area contributed by atoms with Gasteiger partial charge in [0.15, 0.2) is 0 Å². The average molecular weight is 229 g/mol. The number of hydrogen-bond donors (Lipinski definition) is 2. The molecule has 90 valence electrons. The van der Waals surface area contributed by atoms with E-state index >= 15 is 0 Å². The Bertz CT molecular complexity index is 287. The third-order valence-corrected chi connectivity index (χ3v) is 2.90. The van der Waals surface area contributed by atoms with E-state index in [2.05, 4.69) is 5.32 Å². The highest BCUT2D eigenvalue weighted by Crippen LogP contribution is 2.26. The van der Waals surface area contributed by atoms with Crippen LogP contribution in [-0.4, -0.2) is 35.6 Å². The summed E-state index contributed by atoms with van der Waals surface area (Å²) in [4.78, 5) is 21.6. The minimum atomic E-state index is -1.16.